The van der Waals surface area contributed by atoms with Crippen molar-refractivity contribution in [2.24, 2.45) is 50.7 Å². The van der Waals surface area contributed by atoms with Crippen LogP contribution in [0.25, 0.3) is 0 Å². The minimum atomic E-state index is -0.779. The first-order valence-electron chi connectivity index (χ1n) is 13.3. The van der Waals surface area contributed by atoms with E-state index >= 15 is 0 Å². The molecule has 5 aliphatic carbocycles. The summed E-state index contributed by atoms with van der Waals surface area (Å²) in [7, 11) is 0. The summed E-state index contributed by atoms with van der Waals surface area (Å²) in [6, 6.07) is 2.15. The standard InChI is InChI=1S/C30H39NO4/c1-26(2)21-8-10-29(5)18-7-9-27(3)11-12-28(4,25(34)35)15-19(27)23(18)20(32)13-22(29)30(21,6)14-17(16-31)24(26)33/h13-14,18-19,21,23H,7-12,15H2,1-6H3,(H,34,35)/t18?,19?,21?,23?,27?,28-,29+,30?/m0/s1. The number of carbonyl (C=O) groups is 3. The number of aliphatic carboxylic acids is 1. The van der Waals surface area contributed by atoms with Crippen LogP contribution in [0.15, 0.2) is 23.3 Å². The van der Waals surface area contributed by atoms with Crippen LogP contribution in [0.5, 0.6) is 0 Å². The molecule has 6 unspecified atom stereocenters. The fourth-order valence-corrected chi connectivity index (χ4v) is 9.57. The van der Waals surface area contributed by atoms with Gasteiger partial charge in [0, 0.05) is 16.7 Å². The number of hydrogen-bond acceptors (Lipinski definition) is 4. The van der Waals surface area contributed by atoms with Crippen molar-refractivity contribution in [3.8, 4) is 6.07 Å². The summed E-state index contributed by atoms with van der Waals surface area (Å²) in [4.78, 5) is 39.3. The Labute approximate surface area is 209 Å². The molecule has 8 atom stereocenters. The molecule has 0 heterocycles. The Morgan fingerprint density at radius 2 is 1.69 bits per heavy atom. The summed E-state index contributed by atoms with van der Waals surface area (Å²) in [5.41, 5.74) is -0.834. The molecule has 3 saturated carbocycles. The van der Waals surface area contributed by atoms with Gasteiger partial charge in [-0.05, 0) is 86.5 Å². The third-order valence-corrected chi connectivity index (χ3v) is 11.8. The molecule has 5 nitrogen and oxygen atoms in total. The molecule has 0 aromatic heterocycles. The van der Waals surface area contributed by atoms with Crippen LogP contribution in [0.1, 0.15) is 86.5 Å². The molecule has 0 aliphatic heterocycles. The highest BCUT2D eigenvalue weighted by atomic mass is 16.4. The largest absolute Gasteiger partial charge is 0.481 e. The van der Waals surface area contributed by atoms with Crippen LogP contribution in [-0.2, 0) is 14.4 Å². The van der Waals surface area contributed by atoms with E-state index in [1.807, 2.05) is 32.9 Å². The summed E-state index contributed by atoms with van der Waals surface area (Å²) in [6.07, 6.45) is 9.63. The van der Waals surface area contributed by atoms with Gasteiger partial charge in [0.25, 0.3) is 0 Å². The highest BCUT2D eigenvalue weighted by Gasteiger charge is 2.65. The summed E-state index contributed by atoms with van der Waals surface area (Å²) in [6.45, 7) is 12.5. The average Bonchev–Trinajstić information content (AvgIpc) is 2.78. The number of carbonyl (C=O) groups excluding carboxylic acids is 2. The van der Waals surface area contributed by atoms with Gasteiger partial charge in [0.15, 0.2) is 11.6 Å². The number of fused-ring (bicyclic) bond motifs is 7. The molecule has 3 fully saturated rings. The maximum atomic E-state index is 14.0. The number of ketones is 2. The van der Waals surface area contributed by atoms with E-state index in [1.54, 1.807) is 0 Å². The normalized spacial score (nSPS) is 48.3. The van der Waals surface area contributed by atoms with E-state index < -0.39 is 22.2 Å². The van der Waals surface area contributed by atoms with Gasteiger partial charge in [-0.3, -0.25) is 14.4 Å². The highest BCUT2D eigenvalue weighted by Crippen LogP contribution is 2.70. The van der Waals surface area contributed by atoms with Gasteiger partial charge in [0.2, 0.25) is 0 Å². The fourth-order valence-electron chi connectivity index (χ4n) is 9.57. The molecule has 0 saturated heterocycles. The zero-order valence-corrected chi connectivity index (χ0v) is 22.0. The van der Waals surface area contributed by atoms with Crippen molar-refractivity contribution in [1.29, 1.82) is 5.26 Å². The lowest BCUT2D eigenvalue weighted by molar-refractivity contribution is -0.164. The monoisotopic (exact) mass is 477 g/mol. The summed E-state index contributed by atoms with van der Waals surface area (Å²) in [5.74, 6) is -0.572. The third-order valence-electron chi connectivity index (χ3n) is 11.8. The summed E-state index contributed by atoms with van der Waals surface area (Å²) >= 11 is 0. The lowest BCUT2D eigenvalue weighted by Crippen LogP contribution is -2.60. The van der Waals surface area contributed by atoms with Gasteiger partial charge in [-0.2, -0.15) is 5.26 Å². The Bertz CT molecular complexity index is 1140. The van der Waals surface area contributed by atoms with Gasteiger partial charge in [-0.15, -0.1) is 0 Å². The molecule has 0 radical (unpaired) electrons. The molecule has 0 aromatic carbocycles. The maximum absolute atomic E-state index is 14.0. The van der Waals surface area contributed by atoms with Crippen LogP contribution in [0.2, 0.25) is 0 Å². The van der Waals surface area contributed by atoms with Crippen LogP contribution in [-0.4, -0.2) is 22.6 Å². The minimum Gasteiger partial charge on any atom is -0.481 e. The van der Waals surface area contributed by atoms with Crippen molar-refractivity contribution in [3.05, 3.63) is 23.3 Å². The molecule has 0 spiro atoms. The molecule has 1 N–H and O–H groups in total. The minimum absolute atomic E-state index is 0.00171. The molecule has 0 amide bonds. The number of nitriles is 1. The zero-order chi connectivity index (χ0) is 25.8. The van der Waals surface area contributed by atoms with E-state index in [-0.39, 0.29) is 51.6 Å². The van der Waals surface area contributed by atoms with Crippen LogP contribution < -0.4 is 0 Å². The molecule has 5 rings (SSSR count). The molecule has 188 valence electrons. The van der Waals surface area contributed by atoms with Gasteiger partial charge in [-0.25, -0.2) is 0 Å². The first-order valence-corrected chi connectivity index (χ1v) is 13.3. The van der Waals surface area contributed by atoms with Gasteiger partial charge in [0.1, 0.15) is 6.07 Å². The lowest BCUT2D eigenvalue weighted by Gasteiger charge is -2.64. The van der Waals surface area contributed by atoms with Crippen molar-refractivity contribution >= 4 is 17.5 Å². The van der Waals surface area contributed by atoms with E-state index in [0.717, 1.165) is 37.7 Å². The zero-order valence-electron chi connectivity index (χ0n) is 22.0. The van der Waals surface area contributed by atoms with E-state index in [0.29, 0.717) is 12.8 Å². The van der Waals surface area contributed by atoms with Gasteiger partial charge in [0.05, 0.1) is 11.0 Å². The van der Waals surface area contributed by atoms with E-state index in [1.165, 1.54) is 0 Å². The van der Waals surface area contributed by atoms with E-state index in [9.17, 15) is 24.8 Å². The van der Waals surface area contributed by atoms with Crippen molar-refractivity contribution in [2.45, 2.75) is 86.5 Å². The van der Waals surface area contributed by atoms with E-state index in [2.05, 4.69) is 26.8 Å². The van der Waals surface area contributed by atoms with Crippen molar-refractivity contribution in [3.63, 3.8) is 0 Å². The quantitative estimate of drug-likeness (QED) is 0.507. The van der Waals surface area contributed by atoms with Crippen molar-refractivity contribution in [1.82, 2.24) is 0 Å². The number of hydrogen-bond donors (Lipinski definition) is 1. The number of nitrogens with zero attached hydrogens (tertiary/aromatic N) is 1. The third kappa shape index (κ3) is 3.01. The second kappa shape index (κ2) is 7.17. The second-order valence-corrected chi connectivity index (χ2v) is 14.0. The number of Topliss-reactive ketones (excluding diaryl/α,β-unsaturated/α-hetero) is 1. The Morgan fingerprint density at radius 1 is 1.00 bits per heavy atom. The topological polar surface area (TPSA) is 95.2 Å². The molecule has 0 bridgehead atoms. The molecule has 35 heavy (non-hydrogen) atoms. The first kappa shape index (κ1) is 24.5. The van der Waals surface area contributed by atoms with Gasteiger partial charge >= 0.3 is 5.97 Å². The molecule has 0 aromatic rings. The molecular formula is C30H39NO4. The van der Waals surface area contributed by atoms with Crippen LogP contribution in [0.3, 0.4) is 0 Å². The van der Waals surface area contributed by atoms with Crippen LogP contribution in [0.4, 0.5) is 0 Å². The smallest absolute Gasteiger partial charge is 0.309 e. The average molecular weight is 478 g/mol. The summed E-state index contributed by atoms with van der Waals surface area (Å²) in [5, 5.41) is 19.8. The highest BCUT2D eigenvalue weighted by molar-refractivity contribution is 6.04. The number of carboxylic acid groups (broad SMARTS) is 1. The van der Waals surface area contributed by atoms with E-state index in [4.69, 9.17) is 0 Å². The maximum Gasteiger partial charge on any atom is 0.309 e. The first-order chi connectivity index (χ1) is 16.1. The van der Waals surface area contributed by atoms with Gasteiger partial charge < -0.3 is 5.11 Å². The van der Waals surface area contributed by atoms with Crippen LogP contribution in [0, 0.1) is 62.1 Å². The Hall–Kier alpha value is -2.22. The number of allylic oxidation sites excluding steroid dienone is 4. The Morgan fingerprint density at radius 3 is 2.31 bits per heavy atom. The fraction of sp³-hybridized carbons (Fsp3) is 0.733. The van der Waals surface area contributed by atoms with Crippen molar-refractivity contribution in [2.75, 3.05) is 0 Å². The Balaban J connectivity index is 1.63. The summed E-state index contributed by atoms with van der Waals surface area (Å²) < 4.78 is 0. The molecule has 5 aliphatic rings. The molecular weight excluding hydrogens is 438 g/mol. The predicted octanol–water partition coefficient (Wildman–Crippen LogP) is 5.90. The van der Waals surface area contributed by atoms with Gasteiger partial charge in [-0.1, -0.05) is 46.3 Å². The number of carboxylic acids is 1. The second-order valence-electron chi connectivity index (χ2n) is 14.0. The predicted molar refractivity (Wildman–Crippen MR) is 132 cm³/mol. The molecule has 5 heteroatoms. The SMILES string of the molecule is CC12CCC3C(C(=O)C=C4C5(C)C=C(C#N)C(=O)C(C)(C)C5CC[C@@]43C)C1C[C@@](C)(C(=O)O)CC2. The van der Waals surface area contributed by atoms with Crippen molar-refractivity contribution < 1.29 is 19.5 Å². The van der Waals surface area contributed by atoms with Crippen LogP contribution >= 0.6 is 0 Å². The lowest BCUT2D eigenvalue weighted by atomic mass is 9.38. The number of rotatable bonds is 1. The Kier molecular flexibility index (Phi) is 5.02.